The molecule has 0 atom stereocenters. The van der Waals surface area contributed by atoms with Gasteiger partial charge in [0.05, 0.1) is 11.3 Å². The van der Waals surface area contributed by atoms with Crippen molar-refractivity contribution in [2.24, 2.45) is 5.73 Å². The van der Waals surface area contributed by atoms with Crippen molar-refractivity contribution >= 4 is 28.9 Å². The Bertz CT molecular complexity index is 596. The largest absolute Gasteiger partial charge is 0.366 e. The Kier molecular flexibility index (Phi) is 3.53. The number of halogens is 1. The summed E-state index contributed by atoms with van der Waals surface area (Å²) in [6, 6.07) is 12.7. The van der Waals surface area contributed by atoms with Gasteiger partial charge in [-0.1, -0.05) is 29.8 Å². The molecule has 0 radical (unpaired) electrons. The van der Waals surface area contributed by atoms with Crippen molar-refractivity contribution in [2.45, 2.75) is 6.92 Å². The van der Waals surface area contributed by atoms with Crippen molar-refractivity contribution in [2.75, 3.05) is 5.32 Å². The minimum Gasteiger partial charge on any atom is -0.366 e. The molecule has 0 aliphatic heterocycles. The van der Waals surface area contributed by atoms with Crippen LogP contribution in [0.2, 0.25) is 5.02 Å². The summed E-state index contributed by atoms with van der Waals surface area (Å²) in [6.45, 7) is 1.93. The van der Waals surface area contributed by atoms with Gasteiger partial charge >= 0.3 is 0 Å². The smallest absolute Gasteiger partial charge is 0.250 e. The summed E-state index contributed by atoms with van der Waals surface area (Å²) in [5.74, 6) is -0.462. The van der Waals surface area contributed by atoms with Crippen LogP contribution in [-0.4, -0.2) is 5.91 Å². The number of hydrogen-bond donors (Lipinski definition) is 2. The van der Waals surface area contributed by atoms with E-state index in [1.165, 1.54) is 0 Å². The fourth-order valence-corrected chi connectivity index (χ4v) is 1.81. The van der Waals surface area contributed by atoms with Crippen LogP contribution in [0.1, 0.15) is 15.9 Å². The summed E-state index contributed by atoms with van der Waals surface area (Å²) < 4.78 is 0. The molecule has 2 aromatic rings. The molecule has 0 fully saturated rings. The topological polar surface area (TPSA) is 55.1 Å². The standard InChI is InChI=1S/C14H13ClN2O/c1-9-6-7-10(8-12(9)15)17-13-5-3-2-4-11(13)14(16)18/h2-8,17H,1H3,(H2,16,18). The third-order valence-corrected chi connectivity index (χ3v) is 3.05. The molecule has 18 heavy (non-hydrogen) atoms. The molecule has 1 amide bonds. The van der Waals surface area contributed by atoms with Crippen molar-refractivity contribution in [3.63, 3.8) is 0 Å². The van der Waals surface area contributed by atoms with E-state index in [9.17, 15) is 4.79 Å². The van der Waals surface area contributed by atoms with Gasteiger partial charge in [0, 0.05) is 10.7 Å². The van der Waals surface area contributed by atoms with Gasteiger partial charge in [0.25, 0.3) is 5.91 Å². The molecule has 3 N–H and O–H groups in total. The van der Waals surface area contributed by atoms with Gasteiger partial charge in [-0.05, 0) is 36.8 Å². The van der Waals surface area contributed by atoms with Gasteiger partial charge in [-0.3, -0.25) is 4.79 Å². The van der Waals surface area contributed by atoms with Crippen LogP contribution in [0.25, 0.3) is 0 Å². The molecule has 2 aromatic carbocycles. The Labute approximate surface area is 111 Å². The van der Waals surface area contributed by atoms with Crippen LogP contribution >= 0.6 is 11.6 Å². The molecule has 0 saturated heterocycles. The summed E-state index contributed by atoms with van der Waals surface area (Å²) in [4.78, 5) is 11.3. The number of carbonyl (C=O) groups excluding carboxylic acids is 1. The molecule has 0 bridgehead atoms. The number of carbonyl (C=O) groups is 1. The van der Waals surface area contributed by atoms with Crippen LogP contribution in [-0.2, 0) is 0 Å². The quantitative estimate of drug-likeness (QED) is 0.888. The summed E-state index contributed by atoms with van der Waals surface area (Å²) in [5, 5.41) is 3.81. The number of anilines is 2. The van der Waals surface area contributed by atoms with Crippen molar-refractivity contribution in [3.8, 4) is 0 Å². The molecule has 0 saturated carbocycles. The highest BCUT2D eigenvalue weighted by molar-refractivity contribution is 6.31. The lowest BCUT2D eigenvalue weighted by molar-refractivity contribution is 0.100. The number of hydrogen-bond acceptors (Lipinski definition) is 2. The zero-order chi connectivity index (χ0) is 13.1. The van der Waals surface area contributed by atoms with E-state index >= 15 is 0 Å². The van der Waals surface area contributed by atoms with E-state index in [4.69, 9.17) is 17.3 Å². The van der Waals surface area contributed by atoms with Gasteiger partial charge in [0.15, 0.2) is 0 Å². The molecule has 0 aromatic heterocycles. The van der Waals surface area contributed by atoms with Crippen LogP contribution in [0.5, 0.6) is 0 Å². The minimum absolute atomic E-state index is 0.453. The van der Waals surface area contributed by atoms with Crippen molar-refractivity contribution < 1.29 is 4.79 Å². The first-order chi connectivity index (χ1) is 8.58. The lowest BCUT2D eigenvalue weighted by atomic mass is 10.1. The second-order valence-electron chi connectivity index (χ2n) is 4.00. The second-order valence-corrected chi connectivity index (χ2v) is 4.41. The number of amides is 1. The van der Waals surface area contributed by atoms with Crippen LogP contribution in [0.3, 0.4) is 0 Å². The first kappa shape index (κ1) is 12.5. The molecule has 0 unspecified atom stereocenters. The molecule has 0 heterocycles. The normalized spacial score (nSPS) is 10.1. The van der Waals surface area contributed by atoms with Gasteiger partial charge in [-0.2, -0.15) is 0 Å². The summed E-state index contributed by atoms with van der Waals surface area (Å²) in [6.07, 6.45) is 0. The summed E-state index contributed by atoms with van der Waals surface area (Å²) in [7, 11) is 0. The first-order valence-corrected chi connectivity index (χ1v) is 5.88. The third kappa shape index (κ3) is 2.63. The maximum Gasteiger partial charge on any atom is 0.250 e. The number of primary amides is 1. The fraction of sp³-hybridized carbons (Fsp3) is 0.0714. The van der Waals surface area contributed by atoms with E-state index in [1.807, 2.05) is 31.2 Å². The molecular formula is C14H13ClN2O. The molecule has 92 valence electrons. The number of nitrogens with one attached hydrogen (secondary N) is 1. The monoisotopic (exact) mass is 260 g/mol. The molecule has 0 aliphatic carbocycles. The Morgan fingerprint density at radius 2 is 1.94 bits per heavy atom. The Morgan fingerprint density at radius 3 is 2.61 bits per heavy atom. The van der Waals surface area contributed by atoms with E-state index in [0.717, 1.165) is 11.3 Å². The van der Waals surface area contributed by atoms with Crippen LogP contribution in [0, 0.1) is 6.92 Å². The molecule has 0 aliphatic rings. The van der Waals surface area contributed by atoms with Crippen molar-refractivity contribution in [3.05, 3.63) is 58.6 Å². The highest BCUT2D eigenvalue weighted by Crippen LogP contribution is 2.24. The van der Waals surface area contributed by atoms with Gasteiger partial charge in [-0.25, -0.2) is 0 Å². The zero-order valence-electron chi connectivity index (χ0n) is 9.91. The Balaban J connectivity index is 2.34. The van der Waals surface area contributed by atoms with Crippen molar-refractivity contribution in [1.29, 1.82) is 0 Å². The molecular weight excluding hydrogens is 248 g/mol. The number of nitrogens with two attached hydrogens (primary N) is 1. The predicted molar refractivity (Wildman–Crippen MR) is 74.4 cm³/mol. The number of para-hydroxylation sites is 1. The predicted octanol–water partition coefficient (Wildman–Crippen LogP) is 3.49. The average Bonchev–Trinajstić information content (AvgIpc) is 2.34. The second kappa shape index (κ2) is 5.10. The van der Waals surface area contributed by atoms with Gasteiger partial charge in [0.2, 0.25) is 0 Å². The van der Waals surface area contributed by atoms with Crippen LogP contribution in [0.4, 0.5) is 11.4 Å². The maximum atomic E-state index is 11.3. The first-order valence-electron chi connectivity index (χ1n) is 5.50. The molecule has 3 nitrogen and oxygen atoms in total. The molecule has 4 heteroatoms. The van der Waals surface area contributed by atoms with E-state index in [0.29, 0.717) is 16.3 Å². The number of benzene rings is 2. The molecule has 2 rings (SSSR count). The summed E-state index contributed by atoms with van der Waals surface area (Å²) >= 11 is 6.05. The minimum atomic E-state index is -0.462. The van der Waals surface area contributed by atoms with Crippen LogP contribution in [0.15, 0.2) is 42.5 Å². The molecule has 0 spiro atoms. The zero-order valence-corrected chi connectivity index (χ0v) is 10.7. The Morgan fingerprint density at radius 1 is 1.22 bits per heavy atom. The third-order valence-electron chi connectivity index (χ3n) is 2.64. The van der Waals surface area contributed by atoms with Gasteiger partial charge in [-0.15, -0.1) is 0 Å². The highest BCUT2D eigenvalue weighted by Gasteiger charge is 2.07. The SMILES string of the molecule is Cc1ccc(Nc2ccccc2C(N)=O)cc1Cl. The lowest BCUT2D eigenvalue weighted by Gasteiger charge is -2.10. The van der Waals surface area contributed by atoms with Crippen LogP contribution < -0.4 is 11.1 Å². The van der Waals surface area contributed by atoms with E-state index < -0.39 is 5.91 Å². The maximum absolute atomic E-state index is 11.3. The lowest BCUT2D eigenvalue weighted by Crippen LogP contribution is -2.13. The number of aryl methyl sites for hydroxylation is 1. The van der Waals surface area contributed by atoms with E-state index in [2.05, 4.69) is 5.32 Å². The van der Waals surface area contributed by atoms with E-state index in [1.54, 1.807) is 18.2 Å². The van der Waals surface area contributed by atoms with Gasteiger partial charge in [0.1, 0.15) is 0 Å². The van der Waals surface area contributed by atoms with Gasteiger partial charge < -0.3 is 11.1 Å². The van der Waals surface area contributed by atoms with E-state index in [-0.39, 0.29) is 0 Å². The number of rotatable bonds is 3. The van der Waals surface area contributed by atoms with Crippen molar-refractivity contribution in [1.82, 2.24) is 0 Å². The highest BCUT2D eigenvalue weighted by atomic mass is 35.5. The Hall–Kier alpha value is -2.00. The average molecular weight is 261 g/mol. The fourth-order valence-electron chi connectivity index (χ4n) is 1.63. The summed E-state index contributed by atoms with van der Waals surface area (Å²) in [5.41, 5.74) is 8.27.